The van der Waals surface area contributed by atoms with Crippen LogP contribution in [0.25, 0.3) is 11.3 Å². The van der Waals surface area contributed by atoms with Crippen LogP contribution in [0.1, 0.15) is 99.3 Å². The highest BCUT2D eigenvalue weighted by Gasteiger charge is 2.49. The molecule has 4 aliphatic rings. The molecule has 1 unspecified atom stereocenters. The normalized spacial score (nSPS) is 22.2. The summed E-state index contributed by atoms with van der Waals surface area (Å²) in [5, 5.41) is 6.53. The molecule has 2 aliphatic carbocycles. The molecule has 6 nitrogen and oxygen atoms in total. The molecule has 1 aromatic carbocycles. The lowest BCUT2D eigenvalue weighted by Crippen LogP contribution is -2.45. The molecule has 220 valence electrons. The van der Waals surface area contributed by atoms with Crippen molar-refractivity contribution in [3.63, 3.8) is 0 Å². The van der Waals surface area contributed by atoms with E-state index in [1.54, 1.807) is 0 Å². The molecule has 2 saturated carbocycles. The first-order valence-corrected chi connectivity index (χ1v) is 15.4. The Hall–Kier alpha value is -2.02. The molecule has 1 aromatic heterocycles. The van der Waals surface area contributed by atoms with E-state index in [1.807, 2.05) is 0 Å². The Morgan fingerprint density at radius 1 is 1.10 bits per heavy atom. The van der Waals surface area contributed by atoms with Crippen molar-refractivity contribution in [2.24, 2.45) is 5.92 Å². The van der Waals surface area contributed by atoms with Gasteiger partial charge in [-0.1, -0.05) is 40.0 Å². The fourth-order valence-electron chi connectivity index (χ4n) is 7.07. The number of nitrogens with one attached hydrogen (secondary N) is 2. The number of ether oxygens (including phenoxy) is 2. The third-order valence-corrected chi connectivity index (χ3v) is 9.72. The van der Waals surface area contributed by atoms with Crippen LogP contribution >= 0.6 is 12.4 Å². The Kier molecular flexibility index (Phi) is 8.62. The number of hydrogen-bond donors (Lipinski definition) is 2. The van der Waals surface area contributed by atoms with Crippen molar-refractivity contribution in [2.75, 3.05) is 32.8 Å². The van der Waals surface area contributed by atoms with E-state index < -0.39 is 0 Å². The number of benzene rings is 1. The van der Waals surface area contributed by atoms with E-state index in [4.69, 9.17) is 9.47 Å². The number of morpholine rings is 1. The summed E-state index contributed by atoms with van der Waals surface area (Å²) < 4.78 is 14.6. The van der Waals surface area contributed by atoms with Crippen molar-refractivity contribution in [3.05, 3.63) is 40.6 Å². The molecule has 1 saturated heterocycles. The summed E-state index contributed by atoms with van der Waals surface area (Å²) in [6.07, 6.45) is 10.2. The van der Waals surface area contributed by atoms with Crippen LogP contribution in [0, 0.1) is 12.8 Å². The number of halogens is 1. The Bertz CT molecular complexity index is 1200. The third-order valence-electron chi connectivity index (χ3n) is 9.72. The number of rotatable bonds is 6. The standard InChI is InChI=1S/C33H47N3O3.ClH/c1-22-26(31(37)35-20-25-19-34-13-15-38-25)18-29(36(22)21-23-8-6-5-7-9-23)24-16-27(32(2,3)4)30-28(17-24)33(10-11-33)12-14-39-30;/h16-18,23,25,34H,5-15,19-21H2,1-4H3,(H,35,37);1H. The predicted octanol–water partition coefficient (Wildman–Crippen LogP) is 6.30. The number of fused-ring (bicyclic) bond motifs is 2. The second-order valence-corrected chi connectivity index (χ2v) is 13.6. The highest BCUT2D eigenvalue weighted by Crippen LogP contribution is 2.58. The summed E-state index contributed by atoms with van der Waals surface area (Å²) in [4.78, 5) is 13.5. The molecule has 1 amide bonds. The van der Waals surface area contributed by atoms with Gasteiger partial charge in [-0.05, 0) is 74.1 Å². The van der Waals surface area contributed by atoms with Crippen molar-refractivity contribution in [3.8, 4) is 17.0 Å². The summed E-state index contributed by atoms with van der Waals surface area (Å²) in [6.45, 7) is 13.7. The van der Waals surface area contributed by atoms with E-state index in [0.717, 1.165) is 49.7 Å². The molecule has 1 spiro atoms. The molecule has 6 rings (SSSR count). The van der Waals surface area contributed by atoms with Crippen molar-refractivity contribution in [1.82, 2.24) is 15.2 Å². The molecule has 3 heterocycles. The minimum atomic E-state index is -0.0302. The minimum Gasteiger partial charge on any atom is -0.493 e. The zero-order valence-electron chi connectivity index (χ0n) is 24.9. The number of carbonyl (C=O) groups excluding carboxylic acids is 1. The van der Waals surface area contributed by atoms with Crippen LogP contribution in [0.2, 0.25) is 0 Å². The number of nitrogens with zero attached hydrogens (tertiary/aromatic N) is 1. The van der Waals surface area contributed by atoms with Crippen molar-refractivity contribution in [1.29, 1.82) is 0 Å². The number of aromatic nitrogens is 1. The van der Waals surface area contributed by atoms with Crippen LogP contribution in [-0.4, -0.2) is 49.4 Å². The maximum atomic E-state index is 13.5. The lowest BCUT2D eigenvalue weighted by atomic mass is 9.79. The Morgan fingerprint density at radius 3 is 2.55 bits per heavy atom. The van der Waals surface area contributed by atoms with Crippen LogP contribution in [-0.2, 0) is 22.1 Å². The summed E-state index contributed by atoms with van der Waals surface area (Å²) >= 11 is 0. The lowest BCUT2D eigenvalue weighted by molar-refractivity contribution is 0.0287. The molecular weight excluding hydrogens is 522 g/mol. The van der Waals surface area contributed by atoms with Gasteiger partial charge in [-0.2, -0.15) is 0 Å². The quantitative estimate of drug-likeness (QED) is 0.429. The van der Waals surface area contributed by atoms with Crippen LogP contribution in [0.15, 0.2) is 18.2 Å². The predicted molar refractivity (Wildman–Crippen MR) is 163 cm³/mol. The van der Waals surface area contributed by atoms with E-state index in [-0.39, 0.29) is 35.2 Å². The molecule has 2 N–H and O–H groups in total. The zero-order valence-corrected chi connectivity index (χ0v) is 25.7. The van der Waals surface area contributed by atoms with Gasteiger partial charge in [-0.15, -0.1) is 12.4 Å². The van der Waals surface area contributed by atoms with Gasteiger partial charge in [0, 0.05) is 54.1 Å². The fourth-order valence-corrected chi connectivity index (χ4v) is 7.07. The molecule has 7 heteroatoms. The monoisotopic (exact) mass is 569 g/mol. The van der Waals surface area contributed by atoms with Gasteiger partial charge < -0.3 is 24.7 Å². The van der Waals surface area contributed by atoms with E-state index in [2.05, 4.69) is 61.1 Å². The van der Waals surface area contributed by atoms with Gasteiger partial charge >= 0.3 is 0 Å². The largest absolute Gasteiger partial charge is 0.493 e. The van der Waals surface area contributed by atoms with Crippen molar-refractivity contribution < 1.29 is 14.3 Å². The molecule has 40 heavy (non-hydrogen) atoms. The van der Waals surface area contributed by atoms with Gasteiger partial charge in [-0.25, -0.2) is 0 Å². The molecule has 3 fully saturated rings. The number of hydrogen-bond acceptors (Lipinski definition) is 4. The molecule has 0 bridgehead atoms. The number of carbonyl (C=O) groups is 1. The summed E-state index contributed by atoms with van der Waals surface area (Å²) in [5.41, 5.74) is 7.21. The molecule has 2 aromatic rings. The van der Waals surface area contributed by atoms with Gasteiger partial charge in [-0.3, -0.25) is 4.79 Å². The molecule has 2 aliphatic heterocycles. The van der Waals surface area contributed by atoms with Crippen LogP contribution in [0.5, 0.6) is 5.75 Å². The highest BCUT2D eigenvalue weighted by molar-refractivity contribution is 5.97. The van der Waals surface area contributed by atoms with E-state index in [9.17, 15) is 4.79 Å². The Labute approximate surface area is 246 Å². The van der Waals surface area contributed by atoms with Gasteiger partial charge in [0.2, 0.25) is 0 Å². The van der Waals surface area contributed by atoms with Crippen molar-refractivity contribution >= 4 is 18.3 Å². The maximum Gasteiger partial charge on any atom is 0.253 e. The van der Waals surface area contributed by atoms with Crippen molar-refractivity contribution in [2.45, 2.75) is 103 Å². The van der Waals surface area contributed by atoms with E-state index in [0.29, 0.717) is 19.1 Å². The van der Waals surface area contributed by atoms with E-state index >= 15 is 0 Å². The summed E-state index contributed by atoms with van der Waals surface area (Å²) in [5.74, 6) is 1.79. The van der Waals surface area contributed by atoms with Gasteiger partial charge in [0.25, 0.3) is 5.91 Å². The minimum absolute atomic E-state index is 0. The first-order valence-electron chi connectivity index (χ1n) is 15.4. The van der Waals surface area contributed by atoms with Crippen LogP contribution in [0.3, 0.4) is 0 Å². The van der Waals surface area contributed by atoms with Gasteiger partial charge in [0.15, 0.2) is 0 Å². The first-order chi connectivity index (χ1) is 18.7. The van der Waals surface area contributed by atoms with Gasteiger partial charge in [0.05, 0.1) is 24.9 Å². The molecule has 1 atom stereocenters. The highest BCUT2D eigenvalue weighted by atomic mass is 35.5. The SMILES string of the molecule is Cc1c(C(=O)NCC2CNCCO2)cc(-c2cc(C(C)(C)C)c3c(c2)C2(CCO3)CC2)n1CC1CCCCC1.Cl. The second-order valence-electron chi connectivity index (χ2n) is 13.6. The lowest BCUT2D eigenvalue weighted by Gasteiger charge is -2.33. The molecular formula is C33H48ClN3O3. The fraction of sp³-hybridized carbons (Fsp3) is 0.667. The second kappa shape index (κ2) is 11.7. The molecule has 0 radical (unpaired) electrons. The first kappa shape index (κ1) is 29.5. The summed E-state index contributed by atoms with van der Waals surface area (Å²) in [6, 6.07) is 6.92. The van der Waals surface area contributed by atoms with Gasteiger partial charge in [0.1, 0.15) is 5.75 Å². The smallest absolute Gasteiger partial charge is 0.253 e. The Morgan fingerprint density at radius 2 is 1.88 bits per heavy atom. The van der Waals surface area contributed by atoms with Crippen LogP contribution in [0.4, 0.5) is 0 Å². The number of amides is 1. The topological polar surface area (TPSA) is 64.5 Å². The maximum absolute atomic E-state index is 13.5. The average Bonchev–Trinajstić information content (AvgIpc) is 3.63. The van der Waals surface area contributed by atoms with E-state index in [1.165, 1.54) is 67.3 Å². The Balaban J connectivity index is 0.00000323. The zero-order chi connectivity index (χ0) is 27.2. The average molecular weight is 570 g/mol. The summed E-state index contributed by atoms with van der Waals surface area (Å²) in [7, 11) is 0. The third kappa shape index (κ3) is 5.82. The van der Waals surface area contributed by atoms with Crippen LogP contribution < -0.4 is 15.4 Å².